The number of carbonyl (C=O) groups is 1. The van der Waals surface area contributed by atoms with Crippen molar-refractivity contribution in [1.29, 1.82) is 0 Å². The SMILES string of the molecule is CCC(Oc1ccc(C)cc1C)C(=O)NCc1cccc(OC)c1. The van der Waals surface area contributed by atoms with Crippen LogP contribution < -0.4 is 14.8 Å². The van der Waals surface area contributed by atoms with Crippen molar-refractivity contribution in [1.82, 2.24) is 5.32 Å². The number of nitrogens with one attached hydrogen (secondary N) is 1. The van der Waals surface area contributed by atoms with E-state index in [4.69, 9.17) is 9.47 Å². The first-order chi connectivity index (χ1) is 11.5. The van der Waals surface area contributed by atoms with Gasteiger partial charge in [-0.15, -0.1) is 0 Å². The predicted molar refractivity (Wildman–Crippen MR) is 95.5 cm³/mol. The molecule has 1 N–H and O–H groups in total. The number of hydrogen-bond donors (Lipinski definition) is 1. The zero-order chi connectivity index (χ0) is 17.5. The highest BCUT2D eigenvalue weighted by Gasteiger charge is 2.18. The average molecular weight is 327 g/mol. The maximum Gasteiger partial charge on any atom is 0.261 e. The molecular formula is C20H25NO3. The maximum atomic E-state index is 12.4. The molecule has 2 aromatic carbocycles. The zero-order valence-corrected chi connectivity index (χ0v) is 14.8. The highest BCUT2D eigenvalue weighted by atomic mass is 16.5. The van der Waals surface area contributed by atoms with Crippen LogP contribution in [0.4, 0.5) is 0 Å². The molecule has 4 heteroatoms. The monoisotopic (exact) mass is 327 g/mol. The Hall–Kier alpha value is -2.49. The van der Waals surface area contributed by atoms with E-state index in [0.29, 0.717) is 13.0 Å². The fourth-order valence-electron chi connectivity index (χ4n) is 2.49. The Morgan fingerprint density at radius 1 is 1.17 bits per heavy atom. The van der Waals surface area contributed by atoms with Crippen LogP contribution >= 0.6 is 0 Å². The number of aryl methyl sites for hydroxylation is 2. The fourth-order valence-corrected chi connectivity index (χ4v) is 2.49. The van der Waals surface area contributed by atoms with Crippen molar-refractivity contribution >= 4 is 5.91 Å². The molecule has 0 bridgehead atoms. The van der Waals surface area contributed by atoms with Crippen LogP contribution in [0.15, 0.2) is 42.5 Å². The van der Waals surface area contributed by atoms with Crippen LogP contribution in [-0.2, 0) is 11.3 Å². The van der Waals surface area contributed by atoms with E-state index < -0.39 is 6.10 Å². The third-order valence-electron chi connectivity index (χ3n) is 3.86. The summed E-state index contributed by atoms with van der Waals surface area (Å²) >= 11 is 0. The molecule has 0 aliphatic heterocycles. The molecule has 2 aromatic rings. The first-order valence-electron chi connectivity index (χ1n) is 8.18. The molecule has 2 rings (SSSR count). The lowest BCUT2D eigenvalue weighted by Gasteiger charge is -2.19. The number of carbonyl (C=O) groups excluding carboxylic acids is 1. The van der Waals surface area contributed by atoms with Gasteiger partial charge in [-0.05, 0) is 49.6 Å². The lowest BCUT2D eigenvalue weighted by molar-refractivity contribution is -0.128. The largest absolute Gasteiger partial charge is 0.497 e. The second kappa shape index (κ2) is 8.39. The molecule has 1 atom stereocenters. The van der Waals surface area contributed by atoms with Crippen LogP contribution in [0.1, 0.15) is 30.0 Å². The van der Waals surface area contributed by atoms with Gasteiger partial charge in [-0.3, -0.25) is 4.79 Å². The molecule has 0 radical (unpaired) electrons. The van der Waals surface area contributed by atoms with Crippen molar-refractivity contribution in [3.63, 3.8) is 0 Å². The summed E-state index contributed by atoms with van der Waals surface area (Å²) in [5, 5.41) is 2.93. The molecule has 4 nitrogen and oxygen atoms in total. The fraction of sp³-hybridized carbons (Fsp3) is 0.350. The molecule has 1 amide bonds. The lowest BCUT2D eigenvalue weighted by Crippen LogP contribution is -2.37. The molecule has 0 aliphatic carbocycles. The normalized spacial score (nSPS) is 11.7. The molecule has 0 fully saturated rings. The van der Waals surface area contributed by atoms with Gasteiger partial charge in [0.15, 0.2) is 6.10 Å². The predicted octanol–water partition coefficient (Wildman–Crippen LogP) is 3.79. The minimum Gasteiger partial charge on any atom is -0.497 e. The smallest absolute Gasteiger partial charge is 0.261 e. The van der Waals surface area contributed by atoms with E-state index in [9.17, 15) is 4.79 Å². The molecule has 0 aromatic heterocycles. The van der Waals surface area contributed by atoms with Crippen LogP contribution in [0.3, 0.4) is 0 Å². The Morgan fingerprint density at radius 2 is 1.96 bits per heavy atom. The standard InChI is InChI=1S/C20H25NO3/c1-5-18(24-19-10-9-14(2)11-15(19)3)20(22)21-13-16-7-6-8-17(12-16)23-4/h6-12,18H,5,13H2,1-4H3,(H,21,22). The first kappa shape index (κ1) is 17.9. The summed E-state index contributed by atoms with van der Waals surface area (Å²) in [7, 11) is 1.63. The summed E-state index contributed by atoms with van der Waals surface area (Å²) in [5.41, 5.74) is 3.20. The molecule has 0 saturated carbocycles. The molecule has 128 valence electrons. The highest BCUT2D eigenvalue weighted by Crippen LogP contribution is 2.21. The first-order valence-corrected chi connectivity index (χ1v) is 8.18. The summed E-state index contributed by atoms with van der Waals surface area (Å²) in [4.78, 5) is 12.4. The van der Waals surface area contributed by atoms with Gasteiger partial charge < -0.3 is 14.8 Å². The van der Waals surface area contributed by atoms with Gasteiger partial charge in [-0.1, -0.05) is 36.8 Å². The molecule has 0 spiro atoms. The Bertz CT molecular complexity index is 697. The van der Waals surface area contributed by atoms with Gasteiger partial charge in [0.1, 0.15) is 11.5 Å². The summed E-state index contributed by atoms with van der Waals surface area (Å²) in [5.74, 6) is 1.42. The zero-order valence-electron chi connectivity index (χ0n) is 14.8. The summed E-state index contributed by atoms with van der Waals surface area (Å²) in [6, 6.07) is 13.6. The number of ether oxygens (including phenoxy) is 2. The van der Waals surface area contributed by atoms with Gasteiger partial charge in [-0.2, -0.15) is 0 Å². The molecule has 0 heterocycles. The Morgan fingerprint density at radius 3 is 2.62 bits per heavy atom. The van der Waals surface area contributed by atoms with E-state index >= 15 is 0 Å². The Balaban J connectivity index is 1.98. The third-order valence-corrected chi connectivity index (χ3v) is 3.86. The van der Waals surface area contributed by atoms with Crippen molar-refractivity contribution in [2.75, 3.05) is 7.11 Å². The van der Waals surface area contributed by atoms with E-state index in [1.165, 1.54) is 5.56 Å². The minimum atomic E-state index is -0.503. The number of hydrogen-bond acceptors (Lipinski definition) is 3. The summed E-state index contributed by atoms with van der Waals surface area (Å²) in [6.07, 6.45) is 0.106. The van der Waals surface area contributed by atoms with Gasteiger partial charge in [0.25, 0.3) is 5.91 Å². The van der Waals surface area contributed by atoms with Crippen LogP contribution in [0.5, 0.6) is 11.5 Å². The van der Waals surface area contributed by atoms with Gasteiger partial charge in [0.2, 0.25) is 0 Å². The van der Waals surface area contributed by atoms with Gasteiger partial charge >= 0.3 is 0 Å². The quantitative estimate of drug-likeness (QED) is 0.842. The van der Waals surface area contributed by atoms with Gasteiger partial charge in [-0.25, -0.2) is 0 Å². The Labute approximate surface area is 143 Å². The molecule has 0 aliphatic rings. The molecule has 1 unspecified atom stereocenters. The van der Waals surface area contributed by atoms with Gasteiger partial charge in [0.05, 0.1) is 7.11 Å². The van der Waals surface area contributed by atoms with E-state index in [0.717, 1.165) is 22.6 Å². The third kappa shape index (κ3) is 4.75. The maximum absolute atomic E-state index is 12.4. The molecule has 24 heavy (non-hydrogen) atoms. The van der Waals surface area contributed by atoms with E-state index in [1.807, 2.05) is 57.2 Å². The van der Waals surface area contributed by atoms with Crippen LogP contribution in [-0.4, -0.2) is 19.1 Å². The van der Waals surface area contributed by atoms with Crippen LogP contribution in [0.2, 0.25) is 0 Å². The molecule has 0 saturated heterocycles. The molecular weight excluding hydrogens is 302 g/mol. The summed E-state index contributed by atoms with van der Waals surface area (Å²) in [6.45, 7) is 6.42. The van der Waals surface area contributed by atoms with Crippen molar-refractivity contribution in [3.05, 3.63) is 59.2 Å². The van der Waals surface area contributed by atoms with E-state index in [2.05, 4.69) is 11.4 Å². The van der Waals surface area contributed by atoms with Gasteiger partial charge in [0, 0.05) is 6.54 Å². The second-order valence-electron chi connectivity index (χ2n) is 5.85. The topological polar surface area (TPSA) is 47.6 Å². The van der Waals surface area contributed by atoms with Crippen LogP contribution in [0, 0.1) is 13.8 Å². The number of methoxy groups -OCH3 is 1. The highest BCUT2D eigenvalue weighted by molar-refractivity contribution is 5.81. The van der Waals surface area contributed by atoms with Crippen LogP contribution in [0.25, 0.3) is 0 Å². The van der Waals surface area contributed by atoms with Crippen molar-refractivity contribution in [2.24, 2.45) is 0 Å². The number of rotatable bonds is 7. The van der Waals surface area contributed by atoms with E-state index in [1.54, 1.807) is 7.11 Å². The van der Waals surface area contributed by atoms with E-state index in [-0.39, 0.29) is 5.91 Å². The summed E-state index contributed by atoms with van der Waals surface area (Å²) < 4.78 is 11.1. The second-order valence-corrected chi connectivity index (χ2v) is 5.85. The van der Waals surface area contributed by atoms with Crippen molar-refractivity contribution in [3.8, 4) is 11.5 Å². The van der Waals surface area contributed by atoms with Crippen molar-refractivity contribution < 1.29 is 14.3 Å². The minimum absolute atomic E-state index is 0.111. The number of benzene rings is 2. The van der Waals surface area contributed by atoms with Crippen molar-refractivity contribution in [2.45, 2.75) is 39.8 Å². The average Bonchev–Trinajstić information content (AvgIpc) is 2.59. The Kier molecular flexibility index (Phi) is 6.24. The lowest BCUT2D eigenvalue weighted by atomic mass is 10.1. The number of amides is 1.